The van der Waals surface area contributed by atoms with E-state index in [-0.39, 0.29) is 30.1 Å². The number of hydrazone groups is 1. The molecule has 0 atom stereocenters. The van der Waals surface area contributed by atoms with Crippen LogP contribution in [-0.4, -0.2) is 62.5 Å². The minimum atomic E-state index is -0.164. The zero-order chi connectivity index (χ0) is 23.2. The third-order valence-corrected chi connectivity index (χ3v) is 6.07. The average Bonchev–Trinajstić information content (AvgIpc) is 3.35. The molecule has 4 rings (SSSR count). The number of nitrogens with zero attached hydrogens (tertiary/aromatic N) is 5. The van der Waals surface area contributed by atoms with Crippen LogP contribution in [0.2, 0.25) is 0 Å². The maximum Gasteiger partial charge on any atom is 0.270 e. The maximum absolute atomic E-state index is 12.9. The number of nitrogens with one attached hydrogen (secondary N) is 2. The number of hydrogen-bond acceptors (Lipinski definition) is 6. The quantitative estimate of drug-likeness (QED) is 0.616. The standard InChI is InChI=1S/C23H29N7O3/c1-16-3-4-18(22(32)25-9-2-11-29-14-10-24-15-29)21(26-16)17-7-12-30(13-8-17)23(33)19-5-6-20(31)28-27-19/h3-4,10,14-15,17H,2,5-9,11-13H2,1H3,(H,25,32)(H,28,31). The van der Waals surface area contributed by atoms with Crippen molar-refractivity contribution in [2.24, 2.45) is 5.10 Å². The van der Waals surface area contributed by atoms with E-state index in [2.05, 4.69) is 20.8 Å². The van der Waals surface area contributed by atoms with Crippen molar-refractivity contribution in [3.8, 4) is 0 Å². The molecule has 2 N–H and O–H groups in total. The van der Waals surface area contributed by atoms with Crippen LogP contribution in [0.3, 0.4) is 0 Å². The lowest BCUT2D eigenvalue weighted by Gasteiger charge is -2.33. The molecule has 2 aromatic rings. The Bertz CT molecular complexity index is 1040. The fourth-order valence-electron chi connectivity index (χ4n) is 4.22. The number of piperidine rings is 1. The molecule has 0 unspecified atom stereocenters. The van der Waals surface area contributed by atoms with E-state index in [0.29, 0.717) is 37.3 Å². The summed E-state index contributed by atoms with van der Waals surface area (Å²) < 4.78 is 1.98. The van der Waals surface area contributed by atoms with E-state index in [4.69, 9.17) is 4.98 Å². The lowest BCUT2D eigenvalue weighted by molar-refractivity contribution is -0.125. The Morgan fingerprint density at radius 3 is 2.73 bits per heavy atom. The Morgan fingerprint density at radius 1 is 1.21 bits per heavy atom. The summed E-state index contributed by atoms with van der Waals surface area (Å²) in [4.78, 5) is 47.4. The Labute approximate surface area is 192 Å². The summed E-state index contributed by atoms with van der Waals surface area (Å²) in [5.74, 6) is -0.299. The molecule has 10 nitrogen and oxygen atoms in total. The second-order valence-corrected chi connectivity index (χ2v) is 8.46. The van der Waals surface area contributed by atoms with Crippen LogP contribution in [-0.2, 0) is 16.1 Å². The van der Waals surface area contributed by atoms with Crippen LogP contribution in [0.25, 0.3) is 0 Å². The molecule has 2 aliphatic rings. The van der Waals surface area contributed by atoms with Crippen molar-refractivity contribution in [3.63, 3.8) is 0 Å². The number of carbonyl (C=O) groups is 3. The van der Waals surface area contributed by atoms with E-state index in [1.807, 2.05) is 29.8 Å². The highest BCUT2D eigenvalue weighted by Crippen LogP contribution is 2.30. The van der Waals surface area contributed by atoms with E-state index < -0.39 is 0 Å². The zero-order valence-electron chi connectivity index (χ0n) is 18.8. The van der Waals surface area contributed by atoms with E-state index in [1.165, 1.54) is 0 Å². The van der Waals surface area contributed by atoms with Crippen molar-refractivity contribution in [1.29, 1.82) is 0 Å². The molecule has 0 radical (unpaired) electrons. The summed E-state index contributed by atoms with van der Waals surface area (Å²) in [5, 5.41) is 6.93. The van der Waals surface area contributed by atoms with Gasteiger partial charge in [-0.15, -0.1) is 0 Å². The molecule has 0 aliphatic carbocycles. The van der Waals surface area contributed by atoms with Crippen LogP contribution in [0.15, 0.2) is 36.0 Å². The molecule has 0 aromatic carbocycles. The van der Waals surface area contributed by atoms with Crippen molar-refractivity contribution in [2.75, 3.05) is 19.6 Å². The van der Waals surface area contributed by atoms with E-state index >= 15 is 0 Å². The van der Waals surface area contributed by atoms with Gasteiger partial charge in [-0.25, -0.2) is 10.4 Å². The largest absolute Gasteiger partial charge is 0.352 e. The molecule has 4 heterocycles. The van der Waals surface area contributed by atoms with Gasteiger partial charge in [-0.05, 0) is 38.3 Å². The van der Waals surface area contributed by atoms with Gasteiger partial charge in [-0.3, -0.25) is 19.4 Å². The fraction of sp³-hybridized carbons (Fsp3) is 0.478. The van der Waals surface area contributed by atoms with Gasteiger partial charge in [-0.2, -0.15) is 5.10 Å². The van der Waals surface area contributed by atoms with E-state index in [1.54, 1.807) is 17.4 Å². The molecule has 2 aromatic heterocycles. The molecule has 0 bridgehead atoms. The highest BCUT2D eigenvalue weighted by atomic mass is 16.2. The van der Waals surface area contributed by atoms with Crippen LogP contribution < -0.4 is 10.7 Å². The Morgan fingerprint density at radius 2 is 2.03 bits per heavy atom. The molecule has 174 valence electrons. The minimum absolute atomic E-state index is 0.105. The van der Waals surface area contributed by atoms with Gasteiger partial charge in [0.05, 0.1) is 17.6 Å². The molecule has 3 amide bonds. The predicted molar refractivity (Wildman–Crippen MR) is 122 cm³/mol. The van der Waals surface area contributed by atoms with Crippen molar-refractivity contribution < 1.29 is 14.4 Å². The summed E-state index contributed by atoms with van der Waals surface area (Å²) in [6.45, 7) is 4.41. The molecular weight excluding hydrogens is 422 g/mol. The van der Waals surface area contributed by atoms with Crippen molar-refractivity contribution in [2.45, 2.75) is 51.5 Å². The number of carbonyl (C=O) groups excluding carboxylic acids is 3. The first kappa shape index (κ1) is 22.6. The lowest BCUT2D eigenvalue weighted by Crippen LogP contribution is -2.44. The second kappa shape index (κ2) is 10.4. The number of pyridine rings is 1. The van der Waals surface area contributed by atoms with Crippen LogP contribution in [0.1, 0.15) is 59.8 Å². The van der Waals surface area contributed by atoms with Crippen LogP contribution in [0, 0.1) is 6.92 Å². The Balaban J connectivity index is 1.35. The summed E-state index contributed by atoms with van der Waals surface area (Å²) in [6, 6.07) is 3.71. The molecule has 1 fully saturated rings. The topological polar surface area (TPSA) is 122 Å². The highest BCUT2D eigenvalue weighted by molar-refractivity contribution is 6.39. The number of hydrogen-bond donors (Lipinski definition) is 2. The molecule has 0 spiro atoms. The number of aryl methyl sites for hydroxylation is 2. The number of aromatic nitrogens is 3. The first-order valence-corrected chi connectivity index (χ1v) is 11.4. The average molecular weight is 452 g/mol. The van der Waals surface area contributed by atoms with Crippen molar-refractivity contribution >= 4 is 23.4 Å². The molecule has 1 saturated heterocycles. The normalized spacial score (nSPS) is 16.8. The highest BCUT2D eigenvalue weighted by Gasteiger charge is 2.30. The smallest absolute Gasteiger partial charge is 0.270 e. The van der Waals surface area contributed by atoms with Crippen LogP contribution in [0.5, 0.6) is 0 Å². The first-order chi connectivity index (χ1) is 16.0. The van der Waals surface area contributed by atoms with Crippen LogP contribution >= 0.6 is 0 Å². The van der Waals surface area contributed by atoms with Gasteiger partial charge >= 0.3 is 0 Å². The summed E-state index contributed by atoms with van der Waals surface area (Å²) in [5.41, 5.74) is 5.06. The fourth-order valence-corrected chi connectivity index (χ4v) is 4.22. The molecule has 33 heavy (non-hydrogen) atoms. The lowest BCUT2D eigenvalue weighted by atomic mass is 9.89. The molecule has 10 heteroatoms. The number of imidazole rings is 1. The predicted octanol–water partition coefficient (Wildman–Crippen LogP) is 1.38. The number of likely N-dealkylation sites (tertiary alicyclic amines) is 1. The van der Waals surface area contributed by atoms with Gasteiger partial charge in [0.15, 0.2) is 0 Å². The molecular formula is C23H29N7O3. The molecule has 0 saturated carbocycles. The summed E-state index contributed by atoms with van der Waals surface area (Å²) >= 11 is 0. The van der Waals surface area contributed by atoms with Crippen LogP contribution in [0.4, 0.5) is 0 Å². The Hall–Kier alpha value is -3.56. The minimum Gasteiger partial charge on any atom is -0.352 e. The van der Waals surface area contributed by atoms with Crippen molar-refractivity contribution in [1.82, 2.24) is 30.2 Å². The van der Waals surface area contributed by atoms with Gasteiger partial charge in [0.25, 0.3) is 11.8 Å². The zero-order valence-corrected chi connectivity index (χ0v) is 18.8. The van der Waals surface area contributed by atoms with Gasteiger partial charge in [0.2, 0.25) is 5.91 Å². The third-order valence-electron chi connectivity index (χ3n) is 6.07. The van der Waals surface area contributed by atoms with Crippen molar-refractivity contribution in [3.05, 3.63) is 47.8 Å². The third kappa shape index (κ3) is 5.63. The molecule has 2 aliphatic heterocycles. The second-order valence-electron chi connectivity index (χ2n) is 8.46. The SMILES string of the molecule is Cc1ccc(C(=O)NCCCn2ccnc2)c(C2CCN(C(=O)C3=NNC(=O)CC3)CC2)n1. The first-order valence-electron chi connectivity index (χ1n) is 11.4. The van der Waals surface area contributed by atoms with Gasteiger partial charge in [-0.1, -0.05) is 0 Å². The monoisotopic (exact) mass is 451 g/mol. The van der Waals surface area contributed by atoms with Gasteiger partial charge < -0.3 is 14.8 Å². The number of amides is 3. The van der Waals surface area contributed by atoms with E-state index in [9.17, 15) is 14.4 Å². The summed E-state index contributed by atoms with van der Waals surface area (Å²) in [6.07, 6.45) is 8.31. The maximum atomic E-state index is 12.9. The Kier molecular flexibility index (Phi) is 7.11. The van der Waals surface area contributed by atoms with Gasteiger partial charge in [0, 0.05) is 63.0 Å². The van der Waals surface area contributed by atoms with E-state index in [0.717, 1.165) is 37.2 Å². The van der Waals surface area contributed by atoms with Gasteiger partial charge in [0.1, 0.15) is 5.71 Å². The summed E-state index contributed by atoms with van der Waals surface area (Å²) in [7, 11) is 0. The number of rotatable bonds is 7.